The van der Waals surface area contributed by atoms with Gasteiger partial charge in [0.2, 0.25) is 0 Å². The molecule has 1 atom stereocenters. The highest BCUT2D eigenvalue weighted by Crippen LogP contribution is 2.40. The van der Waals surface area contributed by atoms with Crippen LogP contribution in [0.3, 0.4) is 0 Å². The van der Waals surface area contributed by atoms with Gasteiger partial charge in [0, 0.05) is 45.0 Å². The number of fused-ring (bicyclic) bond motifs is 4. The molecule has 0 aliphatic carbocycles. The molecule has 0 spiro atoms. The number of rotatable bonds is 8. The van der Waals surface area contributed by atoms with Crippen molar-refractivity contribution in [1.82, 2.24) is 4.57 Å². The maximum Gasteiger partial charge on any atom is 0.0509 e. The minimum atomic E-state index is -0.000530. The van der Waals surface area contributed by atoms with E-state index in [9.17, 15) is 0 Å². The summed E-state index contributed by atoms with van der Waals surface area (Å²) in [7, 11) is 2.22. The molecule has 2 aromatic heterocycles. The monoisotopic (exact) mass is 482 g/mol. The van der Waals surface area contributed by atoms with Gasteiger partial charge in [-0.05, 0) is 91.4 Å². The lowest BCUT2D eigenvalue weighted by Gasteiger charge is -2.41. The van der Waals surface area contributed by atoms with Crippen molar-refractivity contribution in [3.8, 4) is 0 Å². The number of nitrogens with zero attached hydrogens (tertiary/aromatic N) is 2. The van der Waals surface area contributed by atoms with E-state index >= 15 is 0 Å². The van der Waals surface area contributed by atoms with Crippen molar-refractivity contribution in [2.75, 3.05) is 4.90 Å². The first-order valence-electron chi connectivity index (χ1n) is 13.1. The van der Waals surface area contributed by atoms with Crippen LogP contribution in [0.2, 0.25) is 0 Å². The minimum absolute atomic E-state index is 0.000530. The van der Waals surface area contributed by atoms with Crippen LogP contribution in [0.4, 0.5) is 11.4 Å². The Hall–Kier alpha value is -2.78. The molecule has 3 aromatic carbocycles. The largest absolute Gasteiger partial charge is 0.344 e. The van der Waals surface area contributed by atoms with Gasteiger partial charge < -0.3 is 9.47 Å². The summed E-state index contributed by atoms with van der Waals surface area (Å²) < 4.78 is 3.74. The van der Waals surface area contributed by atoms with E-state index in [0.717, 1.165) is 12.8 Å². The van der Waals surface area contributed by atoms with Crippen molar-refractivity contribution in [1.29, 1.82) is 0 Å². The van der Waals surface area contributed by atoms with Gasteiger partial charge in [-0.3, -0.25) is 0 Å². The molecule has 0 saturated heterocycles. The van der Waals surface area contributed by atoms with Crippen molar-refractivity contribution in [3.63, 3.8) is 0 Å². The maximum atomic E-state index is 2.56. The summed E-state index contributed by atoms with van der Waals surface area (Å²) in [6.07, 6.45) is 4.73. The van der Waals surface area contributed by atoms with E-state index in [2.05, 4.69) is 117 Å². The third-order valence-electron chi connectivity index (χ3n) is 7.73. The van der Waals surface area contributed by atoms with E-state index in [1.165, 1.54) is 61.7 Å². The fraction of sp³-hybridized carbons (Fsp3) is 0.375. The van der Waals surface area contributed by atoms with E-state index in [1.54, 1.807) is 0 Å². The van der Waals surface area contributed by atoms with Crippen molar-refractivity contribution in [3.05, 3.63) is 71.6 Å². The second kappa shape index (κ2) is 9.35. The van der Waals surface area contributed by atoms with Crippen LogP contribution in [0.1, 0.15) is 71.8 Å². The van der Waals surface area contributed by atoms with E-state index in [-0.39, 0.29) is 5.54 Å². The number of aryl methyl sites for hydroxylation is 1. The van der Waals surface area contributed by atoms with Gasteiger partial charge in [0.15, 0.2) is 0 Å². The molecule has 0 N–H and O–H groups in total. The van der Waals surface area contributed by atoms with E-state index in [4.69, 9.17) is 0 Å². The highest BCUT2D eigenvalue weighted by atomic mass is 32.1. The Balaban J connectivity index is 1.67. The lowest BCUT2D eigenvalue weighted by Crippen LogP contribution is -2.40. The summed E-state index contributed by atoms with van der Waals surface area (Å²) in [4.78, 5) is 2.56. The van der Waals surface area contributed by atoms with Crippen LogP contribution in [0, 0.1) is 0 Å². The Kier molecular flexibility index (Phi) is 6.40. The fourth-order valence-electron chi connectivity index (χ4n) is 5.92. The van der Waals surface area contributed by atoms with Gasteiger partial charge in [-0.25, -0.2) is 0 Å². The minimum Gasteiger partial charge on any atom is -0.344 e. The van der Waals surface area contributed by atoms with Gasteiger partial charge in [0.25, 0.3) is 0 Å². The Labute approximate surface area is 214 Å². The quantitative estimate of drug-likeness (QED) is 0.213. The van der Waals surface area contributed by atoms with Crippen LogP contribution >= 0.6 is 11.3 Å². The first-order chi connectivity index (χ1) is 16.8. The average molecular weight is 483 g/mol. The molecular formula is C32H38N2S. The molecule has 3 heteroatoms. The molecule has 5 rings (SSSR count). The summed E-state index contributed by atoms with van der Waals surface area (Å²) in [6.45, 7) is 11.7. The molecule has 0 aliphatic rings. The summed E-state index contributed by atoms with van der Waals surface area (Å²) in [6, 6.07) is 23.3. The van der Waals surface area contributed by atoms with Gasteiger partial charge in [0.05, 0.1) is 5.52 Å². The topological polar surface area (TPSA) is 8.17 Å². The molecule has 35 heavy (non-hydrogen) atoms. The lowest BCUT2D eigenvalue weighted by molar-refractivity contribution is 0.459. The van der Waals surface area contributed by atoms with E-state index < -0.39 is 0 Å². The number of hydrogen-bond donors (Lipinski definition) is 0. The third-order valence-corrected chi connectivity index (χ3v) is 8.62. The number of thiophene rings is 1. The molecule has 0 fully saturated rings. The molecule has 182 valence electrons. The SMILES string of the molecule is CCCC(C)c1ccc2c3ccc(N(c4ccc5sccc5c4)C(C)(C)CCC)cc3n(C)c2c1. The van der Waals surface area contributed by atoms with Crippen LogP contribution < -0.4 is 4.90 Å². The standard InChI is InChI=1S/C32H38N2S/c1-7-9-22(3)23-10-13-27-28-14-11-26(21-30(28)33(6)29(27)20-23)34(32(4,5)17-8-2)25-12-15-31-24(19-25)16-18-35-31/h10-16,18-22H,7-9,17H2,1-6H3. The molecule has 2 heterocycles. The van der Waals surface area contributed by atoms with Crippen LogP contribution in [0.25, 0.3) is 31.9 Å². The zero-order chi connectivity index (χ0) is 24.7. The molecule has 0 radical (unpaired) electrons. The predicted octanol–water partition coefficient (Wildman–Crippen LogP) is 10.2. The zero-order valence-corrected chi connectivity index (χ0v) is 22.9. The molecule has 0 saturated carbocycles. The van der Waals surface area contributed by atoms with Gasteiger partial charge in [-0.15, -0.1) is 11.3 Å². The zero-order valence-electron chi connectivity index (χ0n) is 22.1. The molecule has 0 aliphatic heterocycles. The summed E-state index contributed by atoms with van der Waals surface area (Å²) in [5.74, 6) is 0.593. The van der Waals surface area contributed by atoms with Gasteiger partial charge in [-0.1, -0.05) is 51.8 Å². The molecule has 0 bridgehead atoms. The number of benzene rings is 3. The smallest absolute Gasteiger partial charge is 0.0509 e. The summed E-state index contributed by atoms with van der Waals surface area (Å²) in [5.41, 5.74) is 6.60. The number of hydrogen-bond acceptors (Lipinski definition) is 2. The van der Waals surface area contributed by atoms with Crippen LogP contribution in [-0.2, 0) is 7.05 Å². The highest BCUT2D eigenvalue weighted by Gasteiger charge is 2.28. The molecule has 5 aromatic rings. The molecule has 2 nitrogen and oxygen atoms in total. The van der Waals surface area contributed by atoms with Crippen LogP contribution in [-0.4, -0.2) is 10.1 Å². The van der Waals surface area contributed by atoms with Gasteiger partial charge in [0.1, 0.15) is 0 Å². The Morgan fingerprint density at radius 1 is 0.857 bits per heavy atom. The Morgan fingerprint density at radius 2 is 1.54 bits per heavy atom. The second-order valence-corrected chi connectivity index (χ2v) is 11.7. The fourth-order valence-corrected chi connectivity index (χ4v) is 6.69. The maximum absolute atomic E-state index is 2.56. The summed E-state index contributed by atoms with van der Waals surface area (Å²) in [5, 5.41) is 6.19. The second-order valence-electron chi connectivity index (χ2n) is 10.8. The Bertz CT molecular complexity index is 1490. The van der Waals surface area contributed by atoms with Gasteiger partial charge >= 0.3 is 0 Å². The predicted molar refractivity (Wildman–Crippen MR) is 157 cm³/mol. The first-order valence-corrected chi connectivity index (χ1v) is 14.0. The normalized spacial score (nSPS) is 13.2. The van der Waals surface area contributed by atoms with Crippen molar-refractivity contribution < 1.29 is 0 Å². The first kappa shape index (κ1) is 23.9. The molecule has 0 amide bonds. The number of aromatic nitrogens is 1. The van der Waals surface area contributed by atoms with Crippen molar-refractivity contribution >= 4 is 54.6 Å². The van der Waals surface area contributed by atoms with E-state index in [0.29, 0.717) is 5.92 Å². The van der Waals surface area contributed by atoms with Crippen LogP contribution in [0.5, 0.6) is 0 Å². The van der Waals surface area contributed by atoms with Crippen LogP contribution in [0.15, 0.2) is 66.0 Å². The highest BCUT2D eigenvalue weighted by molar-refractivity contribution is 7.17. The van der Waals surface area contributed by atoms with Crippen molar-refractivity contribution in [2.24, 2.45) is 7.05 Å². The van der Waals surface area contributed by atoms with E-state index in [1.807, 2.05) is 11.3 Å². The molecule has 1 unspecified atom stereocenters. The number of anilines is 2. The Morgan fingerprint density at radius 3 is 2.29 bits per heavy atom. The third kappa shape index (κ3) is 4.25. The lowest BCUT2D eigenvalue weighted by atomic mass is 9.94. The molecular weight excluding hydrogens is 444 g/mol. The summed E-state index contributed by atoms with van der Waals surface area (Å²) >= 11 is 1.81. The van der Waals surface area contributed by atoms with Crippen molar-refractivity contribution in [2.45, 2.75) is 71.8 Å². The van der Waals surface area contributed by atoms with Gasteiger partial charge in [-0.2, -0.15) is 0 Å². The average Bonchev–Trinajstić information content (AvgIpc) is 3.41.